The molecule has 1 N–H and O–H groups in total. The van der Waals surface area contributed by atoms with Crippen LogP contribution in [0.3, 0.4) is 0 Å². The molecule has 0 unspecified atom stereocenters. The van der Waals surface area contributed by atoms with Gasteiger partial charge in [-0.1, -0.05) is 78.9 Å². The first-order valence-electron chi connectivity index (χ1n) is 12.3. The minimum atomic E-state index is 0.00164. The first-order valence-corrected chi connectivity index (χ1v) is 12.3. The number of benzene rings is 5. The Morgan fingerprint density at radius 3 is 2.20 bits per heavy atom. The van der Waals surface area contributed by atoms with Crippen molar-refractivity contribution in [2.75, 3.05) is 5.32 Å². The molecule has 0 atom stereocenters. The van der Waals surface area contributed by atoms with Gasteiger partial charge < -0.3 is 9.73 Å². The molecular formula is C33H23NO. The van der Waals surface area contributed by atoms with Crippen LogP contribution in [-0.2, 0) is 18.3 Å². The van der Waals surface area contributed by atoms with Crippen LogP contribution in [0.25, 0.3) is 33.1 Å². The van der Waals surface area contributed by atoms with E-state index in [1.807, 2.05) is 18.2 Å². The van der Waals surface area contributed by atoms with Crippen molar-refractivity contribution in [3.8, 4) is 11.1 Å². The Morgan fingerprint density at radius 1 is 0.600 bits per heavy atom. The maximum Gasteiger partial charge on any atom is 0.137 e. The van der Waals surface area contributed by atoms with Crippen molar-refractivity contribution in [2.45, 2.75) is 18.3 Å². The molecule has 0 saturated carbocycles. The Labute approximate surface area is 203 Å². The zero-order chi connectivity index (χ0) is 23.0. The normalized spacial score (nSPS) is 14.9. The molecule has 2 aliphatic rings. The van der Waals surface area contributed by atoms with Gasteiger partial charge in [-0.05, 0) is 76.6 Å². The molecular weight excluding hydrogens is 426 g/mol. The summed E-state index contributed by atoms with van der Waals surface area (Å²) in [5.74, 6) is 0. The Morgan fingerprint density at radius 2 is 1.31 bits per heavy atom. The van der Waals surface area contributed by atoms with Crippen molar-refractivity contribution < 1.29 is 4.42 Å². The molecule has 1 aromatic heterocycles. The molecule has 5 aromatic carbocycles. The number of anilines is 2. The Hall–Kier alpha value is -4.30. The molecule has 35 heavy (non-hydrogen) atoms. The number of hydrogen-bond acceptors (Lipinski definition) is 2. The summed E-state index contributed by atoms with van der Waals surface area (Å²) in [6.45, 7) is 0. The summed E-state index contributed by atoms with van der Waals surface area (Å²) in [5, 5.41) is 6.02. The number of fused-ring (bicyclic) bond motifs is 9. The van der Waals surface area contributed by atoms with E-state index in [0.717, 1.165) is 46.2 Å². The maximum atomic E-state index is 6.12. The first-order chi connectivity index (χ1) is 17.3. The van der Waals surface area contributed by atoms with Crippen LogP contribution in [0.5, 0.6) is 0 Å². The molecule has 6 aromatic rings. The van der Waals surface area contributed by atoms with Crippen molar-refractivity contribution in [2.24, 2.45) is 0 Å². The van der Waals surface area contributed by atoms with Gasteiger partial charge in [0.2, 0.25) is 0 Å². The highest BCUT2D eigenvalue weighted by molar-refractivity contribution is 6.12. The topological polar surface area (TPSA) is 25.2 Å². The zero-order valence-electron chi connectivity index (χ0n) is 19.2. The van der Waals surface area contributed by atoms with E-state index >= 15 is 0 Å². The van der Waals surface area contributed by atoms with E-state index in [4.69, 9.17) is 4.42 Å². The van der Waals surface area contributed by atoms with E-state index in [-0.39, 0.29) is 5.41 Å². The Kier molecular flexibility index (Phi) is 3.74. The van der Waals surface area contributed by atoms with Crippen LogP contribution in [0.15, 0.2) is 114 Å². The molecule has 0 bridgehead atoms. The van der Waals surface area contributed by atoms with E-state index in [0.29, 0.717) is 0 Å². The number of rotatable bonds is 2. The van der Waals surface area contributed by atoms with Crippen molar-refractivity contribution >= 4 is 33.3 Å². The molecule has 0 fully saturated rings. The van der Waals surface area contributed by atoms with Gasteiger partial charge in [-0.2, -0.15) is 0 Å². The lowest BCUT2D eigenvalue weighted by Crippen LogP contribution is -2.25. The summed E-state index contributed by atoms with van der Waals surface area (Å²) in [6, 6.07) is 39.4. The fourth-order valence-electron chi connectivity index (χ4n) is 6.56. The summed E-state index contributed by atoms with van der Waals surface area (Å²) >= 11 is 0. The third-order valence-corrected chi connectivity index (χ3v) is 8.05. The van der Waals surface area contributed by atoms with Gasteiger partial charge in [0.1, 0.15) is 11.2 Å². The lowest BCUT2D eigenvalue weighted by Gasteiger charge is -2.27. The summed E-state index contributed by atoms with van der Waals surface area (Å²) in [4.78, 5) is 0. The van der Waals surface area contributed by atoms with Gasteiger partial charge in [0, 0.05) is 16.5 Å². The summed E-state index contributed by atoms with van der Waals surface area (Å²) < 4.78 is 6.12. The standard InChI is InChI=1S/C33H23NO/c1-2-9-22-20-33(19-21(22)8-1)27-12-5-3-10-24(27)25-17-16-23(18-28(25)33)34-29-13-7-15-31-32(29)26-11-4-6-14-30(26)35-31/h1-18,34H,19-20H2. The second-order valence-electron chi connectivity index (χ2n) is 9.91. The summed E-state index contributed by atoms with van der Waals surface area (Å²) in [5.41, 5.74) is 12.6. The van der Waals surface area contributed by atoms with E-state index < -0.39 is 0 Å². The molecule has 2 aliphatic carbocycles. The van der Waals surface area contributed by atoms with Gasteiger partial charge in [-0.15, -0.1) is 0 Å². The van der Waals surface area contributed by atoms with Crippen molar-refractivity contribution in [1.82, 2.24) is 0 Å². The van der Waals surface area contributed by atoms with Crippen LogP contribution in [0.1, 0.15) is 22.3 Å². The Bertz CT molecular complexity index is 1770. The van der Waals surface area contributed by atoms with Crippen molar-refractivity contribution in [3.63, 3.8) is 0 Å². The van der Waals surface area contributed by atoms with Gasteiger partial charge in [-0.25, -0.2) is 0 Å². The predicted molar refractivity (Wildman–Crippen MR) is 144 cm³/mol. The SMILES string of the molecule is c1ccc2c(c1)CC1(C2)c2ccccc2-c2ccc(Nc3cccc4oc5ccccc5c34)cc21. The largest absolute Gasteiger partial charge is 0.456 e. The maximum absolute atomic E-state index is 6.12. The number of nitrogens with one attached hydrogen (secondary N) is 1. The molecule has 0 amide bonds. The van der Waals surface area contributed by atoms with E-state index in [9.17, 15) is 0 Å². The monoisotopic (exact) mass is 449 g/mol. The van der Waals surface area contributed by atoms with Crippen LogP contribution in [0, 0.1) is 0 Å². The van der Waals surface area contributed by atoms with Gasteiger partial charge in [-0.3, -0.25) is 0 Å². The molecule has 0 saturated heterocycles. The van der Waals surface area contributed by atoms with Crippen LogP contribution < -0.4 is 5.32 Å². The first kappa shape index (κ1) is 19.1. The van der Waals surface area contributed by atoms with Crippen LogP contribution >= 0.6 is 0 Å². The fourth-order valence-corrected chi connectivity index (χ4v) is 6.56. The van der Waals surface area contributed by atoms with Gasteiger partial charge in [0.05, 0.1) is 11.1 Å². The molecule has 8 rings (SSSR count). The second kappa shape index (κ2) is 6.86. The highest BCUT2D eigenvalue weighted by Gasteiger charge is 2.46. The highest BCUT2D eigenvalue weighted by Crippen LogP contribution is 2.55. The average Bonchev–Trinajstić information content (AvgIpc) is 3.55. The van der Waals surface area contributed by atoms with Crippen LogP contribution in [-0.4, -0.2) is 0 Å². The number of para-hydroxylation sites is 1. The number of hydrogen-bond donors (Lipinski definition) is 1. The number of furan rings is 1. The van der Waals surface area contributed by atoms with E-state index in [1.54, 1.807) is 0 Å². The third kappa shape index (κ3) is 2.60. The highest BCUT2D eigenvalue weighted by atomic mass is 16.3. The fraction of sp³-hybridized carbons (Fsp3) is 0.0909. The molecule has 1 heterocycles. The average molecular weight is 450 g/mol. The molecule has 166 valence electrons. The predicted octanol–water partition coefficient (Wildman–Crippen LogP) is 8.39. The van der Waals surface area contributed by atoms with Crippen LogP contribution in [0.4, 0.5) is 11.4 Å². The van der Waals surface area contributed by atoms with Crippen molar-refractivity contribution in [1.29, 1.82) is 0 Å². The van der Waals surface area contributed by atoms with E-state index in [1.165, 1.54) is 33.4 Å². The summed E-state index contributed by atoms with van der Waals surface area (Å²) in [6.07, 6.45) is 2.11. The lowest BCUT2D eigenvalue weighted by atomic mass is 9.75. The minimum absolute atomic E-state index is 0.00164. The zero-order valence-corrected chi connectivity index (χ0v) is 19.2. The molecule has 0 radical (unpaired) electrons. The van der Waals surface area contributed by atoms with Gasteiger partial charge in [0.15, 0.2) is 0 Å². The minimum Gasteiger partial charge on any atom is -0.456 e. The van der Waals surface area contributed by atoms with Gasteiger partial charge >= 0.3 is 0 Å². The van der Waals surface area contributed by atoms with E-state index in [2.05, 4.69) is 96.3 Å². The molecule has 2 nitrogen and oxygen atoms in total. The molecule has 1 spiro atoms. The summed E-state index contributed by atoms with van der Waals surface area (Å²) in [7, 11) is 0. The smallest absolute Gasteiger partial charge is 0.137 e. The lowest BCUT2D eigenvalue weighted by molar-refractivity contribution is 0.564. The Balaban J connectivity index is 1.29. The van der Waals surface area contributed by atoms with Gasteiger partial charge in [0.25, 0.3) is 0 Å². The van der Waals surface area contributed by atoms with Crippen molar-refractivity contribution in [3.05, 3.63) is 131 Å². The second-order valence-corrected chi connectivity index (χ2v) is 9.91. The quantitative estimate of drug-likeness (QED) is 0.287. The molecule has 2 heteroatoms. The van der Waals surface area contributed by atoms with Crippen LogP contribution in [0.2, 0.25) is 0 Å². The third-order valence-electron chi connectivity index (χ3n) is 8.05. The molecule has 0 aliphatic heterocycles.